The molecular weight excluding hydrogens is 324 g/mol. The molecule has 25 heavy (non-hydrogen) atoms. The molecule has 0 spiro atoms. The lowest BCUT2D eigenvalue weighted by Gasteiger charge is -2.11. The van der Waals surface area contributed by atoms with E-state index in [0.29, 0.717) is 46.1 Å². The molecule has 6 heteroatoms. The molecule has 0 atom stereocenters. The molecule has 1 aromatic heterocycles. The molecule has 0 N–H and O–H groups in total. The van der Waals surface area contributed by atoms with E-state index in [9.17, 15) is 4.79 Å². The van der Waals surface area contributed by atoms with Crippen LogP contribution in [0.2, 0.25) is 0 Å². The molecule has 0 saturated carbocycles. The second-order valence-corrected chi connectivity index (χ2v) is 5.45. The first kappa shape index (κ1) is 15.4. The highest BCUT2D eigenvalue weighted by Gasteiger charge is 2.21. The van der Waals surface area contributed by atoms with E-state index < -0.39 is 0 Å². The lowest BCUT2D eigenvalue weighted by Crippen LogP contribution is -2.10. The minimum absolute atomic E-state index is 0.177. The van der Waals surface area contributed by atoms with Crippen LogP contribution in [0.4, 0.5) is 0 Å². The molecule has 2 aromatic carbocycles. The van der Waals surface area contributed by atoms with E-state index >= 15 is 0 Å². The van der Waals surface area contributed by atoms with Crippen LogP contribution in [-0.2, 0) is 0 Å². The van der Waals surface area contributed by atoms with Crippen LogP contribution in [-0.4, -0.2) is 20.5 Å². The fourth-order valence-electron chi connectivity index (χ4n) is 2.79. The van der Waals surface area contributed by atoms with Crippen LogP contribution in [0.15, 0.2) is 45.6 Å². The van der Waals surface area contributed by atoms with Crippen molar-refractivity contribution in [2.45, 2.75) is 6.92 Å². The first-order chi connectivity index (χ1) is 12.2. The SMILES string of the molecule is CCOc1c(-c2ccc3c(c2)OCO3)oc2cc(OC)ccc2c1=O. The highest BCUT2D eigenvalue weighted by molar-refractivity contribution is 5.83. The second-order valence-electron chi connectivity index (χ2n) is 5.45. The summed E-state index contributed by atoms with van der Waals surface area (Å²) >= 11 is 0. The molecule has 1 aliphatic rings. The summed E-state index contributed by atoms with van der Waals surface area (Å²) in [5.74, 6) is 2.40. The zero-order chi connectivity index (χ0) is 17.4. The van der Waals surface area contributed by atoms with E-state index in [2.05, 4.69) is 0 Å². The predicted molar refractivity (Wildman–Crippen MR) is 91.8 cm³/mol. The Morgan fingerprint density at radius 1 is 1.08 bits per heavy atom. The summed E-state index contributed by atoms with van der Waals surface area (Å²) in [5.41, 5.74) is 0.883. The maximum Gasteiger partial charge on any atom is 0.235 e. The highest BCUT2D eigenvalue weighted by Crippen LogP contribution is 2.39. The maximum atomic E-state index is 12.9. The highest BCUT2D eigenvalue weighted by atomic mass is 16.7. The third-order valence-electron chi connectivity index (χ3n) is 3.98. The van der Waals surface area contributed by atoms with Crippen molar-refractivity contribution in [1.29, 1.82) is 0 Å². The van der Waals surface area contributed by atoms with Crippen molar-refractivity contribution in [2.24, 2.45) is 0 Å². The van der Waals surface area contributed by atoms with Gasteiger partial charge in [0.2, 0.25) is 18.0 Å². The van der Waals surface area contributed by atoms with Gasteiger partial charge >= 0.3 is 0 Å². The molecule has 0 unspecified atom stereocenters. The van der Waals surface area contributed by atoms with Gasteiger partial charge in [-0.05, 0) is 37.3 Å². The molecule has 0 amide bonds. The van der Waals surface area contributed by atoms with Crippen molar-refractivity contribution < 1.29 is 23.4 Å². The van der Waals surface area contributed by atoms with Gasteiger partial charge in [-0.2, -0.15) is 0 Å². The molecule has 1 aliphatic heterocycles. The lowest BCUT2D eigenvalue weighted by molar-refractivity contribution is 0.174. The first-order valence-electron chi connectivity index (χ1n) is 7.89. The Morgan fingerprint density at radius 3 is 2.72 bits per heavy atom. The molecule has 0 bridgehead atoms. The summed E-state index contributed by atoms with van der Waals surface area (Å²) in [7, 11) is 1.56. The molecule has 2 heterocycles. The number of rotatable bonds is 4. The molecular formula is C19H16O6. The first-order valence-corrected chi connectivity index (χ1v) is 7.89. The normalized spacial score (nSPS) is 12.4. The summed E-state index contributed by atoms with van der Waals surface area (Å²) < 4.78 is 27.6. The number of hydrogen-bond acceptors (Lipinski definition) is 6. The standard InChI is InChI=1S/C19H16O6/c1-3-22-19-17(20)13-6-5-12(21-2)9-15(13)25-18(19)11-4-7-14-16(8-11)24-10-23-14/h4-9H,3,10H2,1-2H3. The second kappa shape index (κ2) is 6.05. The number of benzene rings is 2. The molecule has 4 rings (SSSR count). The van der Waals surface area contributed by atoms with Crippen LogP contribution in [0.1, 0.15) is 6.92 Å². The van der Waals surface area contributed by atoms with Gasteiger partial charge in [0, 0.05) is 11.6 Å². The molecule has 0 aliphatic carbocycles. The van der Waals surface area contributed by atoms with Gasteiger partial charge < -0.3 is 23.4 Å². The molecule has 128 valence electrons. The van der Waals surface area contributed by atoms with Gasteiger partial charge in [0.05, 0.1) is 19.1 Å². The van der Waals surface area contributed by atoms with Crippen LogP contribution in [0.3, 0.4) is 0 Å². The Morgan fingerprint density at radius 2 is 1.92 bits per heavy atom. The molecule has 6 nitrogen and oxygen atoms in total. The van der Waals surface area contributed by atoms with Gasteiger partial charge in [0.1, 0.15) is 11.3 Å². The Bertz CT molecular complexity index is 1000. The van der Waals surface area contributed by atoms with Gasteiger partial charge in [0.15, 0.2) is 17.3 Å². The van der Waals surface area contributed by atoms with Gasteiger partial charge in [-0.25, -0.2) is 0 Å². The summed E-state index contributed by atoms with van der Waals surface area (Å²) in [6, 6.07) is 10.4. The zero-order valence-corrected chi connectivity index (χ0v) is 13.8. The fourth-order valence-corrected chi connectivity index (χ4v) is 2.79. The predicted octanol–water partition coefficient (Wildman–Crippen LogP) is 3.60. The maximum absolute atomic E-state index is 12.9. The quantitative estimate of drug-likeness (QED) is 0.723. The van der Waals surface area contributed by atoms with E-state index in [1.807, 2.05) is 6.92 Å². The monoisotopic (exact) mass is 340 g/mol. The van der Waals surface area contributed by atoms with E-state index in [0.717, 1.165) is 0 Å². The molecule has 3 aromatic rings. The van der Waals surface area contributed by atoms with Crippen LogP contribution in [0.5, 0.6) is 23.0 Å². The Hall–Kier alpha value is -3.15. The van der Waals surface area contributed by atoms with E-state index in [1.54, 1.807) is 43.5 Å². The van der Waals surface area contributed by atoms with Crippen molar-refractivity contribution >= 4 is 11.0 Å². The molecule has 0 fully saturated rings. The largest absolute Gasteiger partial charge is 0.497 e. The van der Waals surface area contributed by atoms with E-state index in [4.69, 9.17) is 23.4 Å². The Kier molecular flexibility index (Phi) is 3.72. The summed E-state index contributed by atoms with van der Waals surface area (Å²) in [6.07, 6.45) is 0. The van der Waals surface area contributed by atoms with Crippen molar-refractivity contribution in [2.75, 3.05) is 20.5 Å². The number of methoxy groups -OCH3 is 1. The third kappa shape index (κ3) is 2.55. The van der Waals surface area contributed by atoms with Gasteiger partial charge in [-0.1, -0.05) is 0 Å². The van der Waals surface area contributed by atoms with Gasteiger partial charge in [-0.15, -0.1) is 0 Å². The van der Waals surface area contributed by atoms with Crippen molar-refractivity contribution in [3.8, 4) is 34.3 Å². The van der Waals surface area contributed by atoms with Crippen molar-refractivity contribution in [3.05, 3.63) is 46.6 Å². The smallest absolute Gasteiger partial charge is 0.235 e. The van der Waals surface area contributed by atoms with Gasteiger partial charge in [0.25, 0.3) is 0 Å². The summed E-state index contributed by atoms with van der Waals surface area (Å²) in [4.78, 5) is 12.9. The lowest BCUT2D eigenvalue weighted by atomic mass is 10.1. The molecule has 0 saturated heterocycles. The van der Waals surface area contributed by atoms with E-state index in [-0.39, 0.29) is 18.0 Å². The van der Waals surface area contributed by atoms with Crippen molar-refractivity contribution in [1.82, 2.24) is 0 Å². The average Bonchev–Trinajstić information content (AvgIpc) is 3.11. The van der Waals surface area contributed by atoms with Crippen LogP contribution in [0.25, 0.3) is 22.3 Å². The Labute approximate surface area is 143 Å². The average molecular weight is 340 g/mol. The third-order valence-corrected chi connectivity index (χ3v) is 3.98. The number of fused-ring (bicyclic) bond motifs is 2. The van der Waals surface area contributed by atoms with Crippen LogP contribution in [0, 0.1) is 0 Å². The summed E-state index contributed by atoms with van der Waals surface area (Å²) in [5, 5.41) is 0.439. The van der Waals surface area contributed by atoms with Gasteiger partial charge in [-0.3, -0.25) is 4.79 Å². The number of hydrogen-bond donors (Lipinski definition) is 0. The minimum Gasteiger partial charge on any atom is -0.497 e. The Balaban J connectivity index is 1.97. The summed E-state index contributed by atoms with van der Waals surface area (Å²) in [6.45, 7) is 2.35. The van der Waals surface area contributed by atoms with Crippen LogP contribution >= 0.6 is 0 Å². The van der Waals surface area contributed by atoms with Crippen molar-refractivity contribution in [3.63, 3.8) is 0 Å². The van der Waals surface area contributed by atoms with Crippen LogP contribution < -0.4 is 24.4 Å². The van der Waals surface area contributed by atoms with E-state index in [1.165, 1.54) is 0 Å². The molecule has 0 radical (unpaired) electrons. The fraction of sp³-hybridized carbons (Fsp3) is 0.211. The number of ether oxygens (including phenoxy) is 4. The topological polar surface area (TPSA) is 67.1 Å². The minimum atomic E-state index is -0.224. The zero-order valence-electron chi connectivity index (χ0n) is 13.8.